The van der Waals surface area contributed by atoms with Gasteiger partial charge in [0.25, 0.3) is 0 Å². The van der Waals surface area contributed by atoms with Crippen molar-refractivity contribution in [1.82, 2.24) is 0 Å². The van der Waals surface area contributed by atoms with Crippen LogP contribution in [0.4, 0.5) is 0 Å². The smallest absolute Gasteiger partial charge is 0.247 e. The van der Waals surface area contributed by atoms with E-state index in [1.54, 1.807) is 6.07 Å². The van der Waals surface area contributed by atoms with Crippen molar-refractivity contribution in [3.8, 4) is 5.75 Å². The number of fused-ring (bicyclic) bond motifs is 1. The number of aromatic hydroxyl groups is 1. The molecule has 1 aromatic carbocycles. The zero-order valence-electron chi connectivity index (χ0n) is 7.27. The van der Waals surface area contributed by atoms with Crippen molar-refractivity contribution in [2.24, 2.45) is 5.14 Å². The second-order valence-electron chi connectivity index (χ2n) is 2.92. The van der Waals surface area contributed by atoms with Gasteiger partial charge in [-0.05, 0) is 18.2 Å². The fourth-order valence-corrected chi connectivity index (χ4v) is 3.28. The first kappa shape index (κ1) is 10.7. The van der Waals surface area contributed by atoms with E-state index in [2.05, 4.69) is 0 Å². The molecule has 80 valence electrons. The second kappa shape index (κ2) is 3.34. The van der Waals surface area contributed by atoms with E-state index in [-0.39, 0.29) is 15.0 Å². The molecule has 0 atom stereocenters. The Hall–Kier alpha value is -0.820. The molecular weight excluding hydrogens is 258 g/mol. The predicted octanol–water partition coefficient (Wildman–Crippen LogP) is 1.91. The van der Waals surface area contributed by atoms with Crippen molar-refractivity contribution in [3.63, 3.8) is 0 Å². The van der Waals surface area contributed by atoms with E-state index < -0.39 is 10.0 Å². The molecule has 0 unspecified atom stereocenters. The zero-order chi connectivity index (χ0) is 11.2. The fraction of sp³-hybridized carbons (Fsp3) is 0. The van der Waals surface area contributed by atoms with Gasteiger partial charge in [-0.2, -0.15) is 0 Å². The second-order valence-corrected chi connectivity index (χ2v) is 6.17. The Balaban J connectivity index is 2.83. The third-order valence-electron chi connectivity index (χ3n) is 1.87. The van der Waals surface area contributed by atoms with Crippen LogP contribution < -0.4 is 5.14 Å². The molecule has 4 nitrogen and oxygen atoms in total. The fourth-order valence-electron chi connectivity index (χ4n) is 1.18. The maximum atomic E-state index is 11.1. The van der Waals surface area contributed by atoms with Crippen LogP contribution in [-0.2, 0) is 10.0 Å². The molecule has 0 fully saturated rings. The number of primary sulfonamides is 1. The monoisotopic (exact) mass is 263 g/mol. The Morgan fingerprint density at radius 1 is 1.40 bits per heavy atom. The standard InChI is InChI=1S/C8H6ClNO3S2/c9-8-4-3-7(15(10,12)13)14-6(4)2-1-5(8)11/h1-3,11H,(H2,10,12,13). The molecule has 7 heteroatoms. The van der Waals surface area contributed by atoms with Crippen LogP contribution in [-0.4, -0.2) is 13.5 Å². The SMILES string of the molecule is NS(=O)(=O)c1cc2c(Cl)c(O)ccc2s1. The van der Waals surface area contributed by atoms with Gasteiger partial charge in [0.1, 0.15) is 9.96 Å². The number of hydrogen-bond donors (Lipinski definition) is 2. The zero-order valence-corrected chi connectivity index (χ0v) is 9.66. The summed E-state index contributed by atoms with van der Waals surface area (Å²) in [5.74, 6) is -0.0806. The number of benzene rings is 1. The Labute approximate surface area is 95.0 Å². The highest BCUT2D eigenvalue weighted by atomic mass is 35.5. The molecule has 2 rings (SSSR count). The van der Waals surface area contributed by atoms with E-state index in [9.17, 15) is 13.5 Å². The first-order valence-electron chi connectivity index (χ1n) is 3.83. The number of hydrogen-bond acceptors (Lipinski definition) is 4. The maximum absolute atomic E-state index is 11.1. The van der Waals surface area contributed by atoms with Crippen molar-refractivity contribution >= 4 is 43.0 Å². The minimum Gasteiger partial charge on any atom is -0.506 e. The van der Waals surface area contributed by atoms with Crippen LogP contribution in [0.5, 0.6) is 5.75 Å². The van der Waals surface area contributed by atoms with Crippen molar-refractivity contribution in [2.45, 2.75) is 4.21 Å². The third kappa shape index (κ3) is 1.81. The quantitative estimate of drug-likeness (QED) is 0.825. The third-order valence-corrected chi connectivity index (χ3v) is 4.79. The average Bonchev–Trinajstić information content (AvgIpc) is 2.55. The lowest BCUT2D eigenvalue weighted by Gasteiger charge is -1.95. The number of sulfonamides is 1. The molecule has 15 heavy (non-hydrogen) atoms. The summed E-state index contributed by atoms with van der Waals surface area (Å²) in [5.41, 5.74) is 0. The van der Waals surface area contributed by atoms with Gasteiger partial charge in [0, 0.05) is 10.1 Å². The summed E-state index contributed by atoms with van der Waals surface area (Å²) >= 11 is 6.83. The van der Waals surface area contributed by atoms with Crippen LogP contribution in [0.1, 0.15) is 0 Å². The highest BCUT2D eigenvalue weighted by Crippen LogP contribution is 2.37. The van der Waals surface area contributed by atoms with Gasteiger partial charge in [-0.15, -0.1) is 11.3 Å². The molecule has 0 bridgehead atoms. The van der Waals surface area contributed by atoms with Gasteiger partial charge >= 0.3 is 0 Å². The molecule has 0 aliphatic rings. The van der Waals surface area contributed by atoms with Gasteiger partial charge in [0.15, 0.2) is 0 Å². The molecular formula is C8H6ClNO3S2. The summed E-state index contributed by atoms with van der Waals surface area (Å²) < 4.78 is 22.9. The summed E-state index contributed by atoms with van der Waals surface area (Å²) in [7, 11) is -3.72. The lowest BCUT2D eigenvalue weighted by molar-refractivity contribution is 0.476. The number of nitrogens with two attached hydrogens (primary N) is 1. The van der Waals surface area contributed by atoms with Crippen molar-refractivity contribution in [2.75, 3.05) is 0 Å². The van der Waals surface area contributed by atoms with Gasteiger partial charge in [-0.1, -0.05) is 11.6 Å². The predicted molar refractivity (Wildman–Crippen MR) is 59.9 cm³/mol. The first-order valence-corrected chi connectivity index (χ1v) is 6.57. The molecule has 0 spiro atoms. The van der Waals surface area contributed by atoms with Gasteiger partial charge < -0.3 is 5.11 Å². The lowest BCUT2D eigenvalue weighted by Crippen LogP contribution is -2.09. The number of phenolic OH excluding ortho intramolecular Hbond substituents is 1. The van der Waals surface area contributed by atoms with Crippen LogP contribution in [0.25, 0.3) is 10.1 Å². The Morgan fingerprint density at radius 2 is 2.07 bits per heavy atom. The number of halogens is 1. The molecule has 0 saturated carbocycles. The minimum atomic E-state index is -3.72. The van der Waals surface area contributed by atoms with E-state index >= 15 is 0 Å². The van der Waals surface area contributed by atoms with Gasteiger partial charge in [-0.3, -0.25) is 0 Å². The minimum absolute atomic E-state index is 0.0324. The highest BCUT2D eigenvalue weighted by Gasteiger charge is 2.15. The normalized spacial score (nSPS) is 12.1. The van der Waals surface area contributed by atoms with Crippen molar-refractivity contribution in [3.05, 3.63) is 23.2 Å². The molecule has 0 aliphatic heterocycles. The Morgan fingerprint density at radius 3 is 2.67 bits per heavy atom. The summed E-state index contributed by atoms with van der Waals surface area (Å²) in [4.78, 5) is 0. The van der Waals surface area contributed by atoms with Crippen molar-refractivity contribution in [1.29, 1.82) is 0 Å². The topological polar surface area (TPSA) is 80.4 Å². The van der Waals surface area contributed by atoms with Gasteiger partial charge in [0.2, 0.25) is 10.0 Å². The molecule has 1 aromatic heterocycles. The van der Waals surface area contributed by atoms with Crippen LogP contribution in [0.3, 0.4) is 0 Å². The molecule has 2 aromatic rings. The molecule has 0 saturated heterocycles. The van der Waals surface area contributed by atoms with E-state index in [4.69, 9.17) is 16.7 Å². The number of phenols is 1. The van der Waals surface area contributed by atoms with Crippen LogP contribution >= 0.6 is 22.9 Å². The summed E-state index contributed by atoms with van der Waals surface area (Å²) in [6.45, 7) is 0. The maximum Gasteiger partial charge on any atom is 0.247 e. The number of rotatable bonds is 1. The summed E-state index contributed by atoms with van der Waals surface area (Å²) in [6, 6.07) is 4.36. The first-order chi connectivity index (χ1) is 6.89. The number of thiophene rings is 1. The summed E-state index contributed by atoms with van der Waals surface area (Å²) in [6.07, 6.45) is 0. The van der Waals surface area contributed by atoms with Gasteiger partial charge in [0.05, 0.1) is 5.02 Å². The van der Waals surface area contributed by atoms with Gasteiger partial charge in [-0.25, -0.2) is 13.6 Å². The average molecular weight is 264 g/mol. The van der Waals surface area contributed by atoms with E-state index in [0.29, 0.717) is 10.1 Å². The van der Waals surface area contributed by atoms with E-state index in [1.807, 2.05) is 0 Å². The Kier molecular flexibility index (Phi) is 2.38. The van der Waals surface area contributed by atoms with Crippen LogP contribution in [0.2, 0.25) is 5.02 Å². The molecule has 0 aliphatic carbocycles. The summed E-state index contributed by atoms with van der Waals surface area (Å²) in [5, 5.41) is 14.9. The van der Waals surface area contributed by atoms with Crippen LogP contribution in [0.15, 0.2) is 22.4 Å². The lowest BCUT2D eigenvalue weighted by atomic mass is 10.2. The van der Waals surface area contributed by atoms with Crippen LogP contribution in [0, 0.1) is 0 Å². The molecule has 0 radical (unpaired) electrons. The van der Waals surface area contributed by atoms with E-state index in [0.717, 1.165) is 11.3 Å². The molecule has 0 amide bonds. The molecule has 3 N–H and O–H groups in total. The van der Waals surface area contributed by atoms with E-state index in [1.165, 1.54) is 12.1 Å². The Bertz CT molecular complexity index is 633. The molecule has 1 heterocycles. The van der Waals surface area contributed by atoms with Crippen molar-refractivity contribution < 1.29 is 13.5 Å². The largest absolute Gasteiger partial charge is 0.506 e. The highest BCUT2D eigenvalue weighted by molar-refractivity contribution is 7.91.